The Morgan fingerprint density at radius 1 is 1.02 bits per heavy atom. The molecule has 2 aromatic heterocycles. The van der Waals surface area contributed by atoms with Gasteiger partial charge in [0.2, 0.25) is 5.95 Å². The number of fused-ring (bicyclic) bond motifs is 1. The van der Waals surface area contributed by atoms with Crippen LogP contribution in [0, 0.1) is 0 Å². The molecule has 4 aromatic rings. The van der Waals surface area contributed by atoms with Crippen molar-refractivity contribution >= 4 is 63.6 Å². The zero-order valence-electron chi connectivity index (χ0n) is 29.7. The third kappa shape index (κ3) is 7.87. The summed E-state index contributed by atoms with van der Waals surface area (Å²) in [6, 6.07) is 9.04. The third-order valence-corrected chi connectivity index (χ3v) is 10.4. The molecule has 0 unspecified atom stereocenters. The highest BCUT2D eigenvalue weighted by atomic mass is 32.2. The Balaban J connectivity index is 1.24. The second kappa shape index (κ2) is 15.6. The van der Waals surface area contributed by atoms with Crippen LogP contribution in [0.1, 0.15) is 44.7 Å². The highest BCUT2D eigenvalue weighted by Crippen LogP contribution is 2.40. The van der Waals surface area contributed by atoms with E-state index in [1.54, 1.807) is 43.7 Å². The van der Waals surface area contributed by atoms with Gasteiger partial charge in [-0.1, -0.05) is 33.4 Å². The van der Waals surface area contributed by atoms with E-state index >= 15 is 0 Å². The average molecular weight is 683 g/mol. The molecule has 2 aliphatic heterocycles. The largest absolute Gasteiger partial charge is 0.494 e. The molecule has 0 saturated carbocycles. The van der Waals surface area contributed by atoms with Gasteiger partial charge in [0.15, 0.2) is 0 Å². The van der Waals surface area contributed by atoms with Crippen molar-refractivity contribution < 1.29 is 4.74 Å². The molecule has 260 valence electrons. The number of hydrogen-bond donors (Lipinski definition) is 2. The smallest absolute Gasteiger partial charge is 0.229 e. The van der Waals surface area contributed by atoms with Gasteiger partial charge in [-0.25, -0.2) is 4.98 Å². The fourth-order valence-corrected chi connectivity index (χ4v) is 7.80. The summed E-state index contributed by atoms with van der Waals surface area (Å²) in [7, 11) is 6.00. The predicted molar refractivity (Wildman–Crippen MR) is 206 cm³/mol. The third-order valence-electron chi connectivity index (χ3n) is 9.48. The summed E-state index contributed by atoms with van der Waals surface area (Å²) < 4.78 is 8.09. The normalized spacial score (nSPS) is 16.3. The Hall–Kier alpha value is -4.13. The lowest BCUT2D eigenvalue weighted by Gasteiger charge is -2.43. The van der Waals surface area contributed by atoms with E-state index in [1.165, 1.54) is 37.2 Å². The summed E-state index contributed by atoms with van der Waals surface area (Å²) in [5.74, 6) is 1.86. The number of benzene rings is 2. The number of ether oxygens (including phenoxy) is 1. The van der Waals surface area contributed by atoms with Gasteiger partial charge in [-0.3, -0.25) is 14.9 Å². The van der Waals surface area contributed by atoms with Crippen LogP contribution in [0.2, 0.25) is 0 Å². The molecule has 2 aliphatic rings. The molecule has 2 aromatic carbocycles. The van der Waals surface area contributed by atoms with Crippen molar-refractivity contribution in [3.63, 3.8) is 0 Å². The van der Waals surface area contributed by atoms with Gasteiger partial charge in [0.1, 0.15) is 17.1 Å². The molecule has 11 nitrogen and oxygen atoms in total. The number of aromatic nitrogens is 4. The first-order valence-electron chi connectivity index (χ1n) is 17.3. The molecule has 2 fully saturated rings. The molecule has 0 aliphatic carbocycles. The van der Waals surface area contributed by atoms with Crippen LogP contribution in [0.15, 0.2) is 49.4 Å². The van der Waals surface area contributed by atoms with E-state index in [1.807, 2.05) is 12.1 Å². The van der Waals surface area contributed by atoms with E-state index in [-0.39, 0.29) is 0 Å². The van der Waals surface area contributed by atoms with Crippen LogP contribution < -0.4 is 24.6 Å². The summed E-state index contributed by atoms with van der Waals surface area (Å²) in [5, 5.41) is 7.41. The van der Waals surface area contributed by atoms with Crippen LogP contribution in [0.3, 0.4) is 0 Å². The molecule has 12 heteroatoms. The Kier molecular flexibility index (Phi) is 11.1. The van der Waals surface area contributed by atoms with E-state index in [9.17, 15) is 0 Å². The fraction of sp³-hybridized carbons (Fsp3) is 0.459. The fourth-order valence-electron chi connectivity index (χ4n) is 6.88. The lowest BCUT2D eigenvalue weighted by atomic mass is 9.99. The van der Waals surface area contributed by atoms with Crippen molar-refractivity contribution in [1.29, 1.82) is 0 Å². The lowest BCUT2D eigenvalue weighted by molar-refractivity contribution is 0.0982. The first-order chi connectivity index (χ1) is 23.8. The number of methoxy groups -OCH3 is 1. The van der Waals surface area contributed by atoms with Gasteiger partial charge in [0.25, 0.3) is 0 Å². The van der Waals surface area contributed by atoms with Crippen molar-refractivity contribution in [3.05, 3.63) is 60.6 Å². The summed E-state index contributed by atoms with van der Waals surface area (Å²) in [6.07, 6.45) is 10.3. The first kappa shape index (κ1) is 34.7. The number of nitrogens with zero attached hydrogens (tertiary/aromatic N) is 8. The van der Waals surface area contributed by atoms with Crippen LogP contribution in [0.4, 0.5) is 34.5 Å². The molecule has 4 heterocycles. The molecule has 0 radical (unpaired) electrons. The van der Waals surface area contributed by atoms with Gasteiger partial charge in [-0.2, -0.15) is 4.98 Å². The molecule has 0 spiro atoms. The van der Waals surface area contributed by atoms with E-state index < -0.39 is 0 Å². The van der Waals surface area contributed by atoms with Gasteiger partial charge < -0.3 is 29.5 Å². The second-order valence-corrected chi connectivity index (χ2v) is 14.8. The van der Waals surface area contributed by atoms with Crippen LogP contribution in [0.5, 0.6) is 5.75 Å². The van der Waals surface area contributed by atoms with Crippen LogP contribution in [-0.4, -0.2) is 102 Å². The number of anilines is 6. The zero-order valence-corrected chi connectivity index (χ0v) is 30.6. The van der Waals surface area contributed by atoms with Crippen LogP contribution in [-0.2, 0) is 6.42 Å². The predicted octanol–water partition coefficient (Wildman–Crippen LogP) is 6.83. The SMILES string of the molecule is C=Cc1cnc(Nc2cc(CC)c(N3CCC(N4CCN(C)CC4)CC3)cc2OC)nc1Nc1ccc2nccnc2c1N(C)SC(C)C. The summed E-state index contributed by atoms with van der Waals surface area (Å²) in [6.45, 7) is 17.4. The monoisotopic (exact) mass is 682 g/mol. The molecule has 2 N–H and O–H groups in total. The van der Waals surface area contributed by atoms with Gasteiger partial charge in [-0.15, -0.1) is 0 Å². The number of hydrogen-bond acceptors (Lipinski definition) is 12. The molecule has 0 atom stereocenters. The number of likely N-dealkylation sites (N-methyl/N-ethyl adjacent to an activating group) is 1. The number of piperidine rings is 1. The van der Waals surface area contributed by atoms with Gasteiger partial charge >= 0.3 is 0 Å². The zero-order chi connectivity index (χ0) is 34.5. The summed E-state index contributed by atoms with van der Waals surface area (Å²) in [5.41, 5.74) is 7.59. The van der Waals surface area contributed by atoms with Crippen molar-refractivity contribution in [2.45, 2.75) is 51.3 Å². The standard InChI is InChI=1S/C37H50N10OS/c1-8-26-22-31(33(48-7)23-32(26)47-16-12-28(13-17-47)46-20-18-44(5)19-21-46)42-37-40-24-27(9-2)36(43-37)41-30-11-10-29-34(39-15-14-38-29)35(30)45(6)49-25(3)4/h9-11,14-15,22-25,28H,2,8,12-13,16-21H2,1,3-7H3,(H2,40,41,42,43). The quantitative estimate of drug-likeness (QED) is 0.153. The highest BCUT2D eigenvalue weighted by Gasteiger charge is 2.28. The molecule has 0 amide bonds. The van der Waals surface area contributed by atoms with Gasteiger partial charge in [-0.05, 0) is 62.0 Å². The molecule has 49 heavy (non-hydrogen) atoms. The van der Waals surface area contributed by atoms with Crippen molar-refractivity contribution in [2.75, 3.05) is 80.3 Å². The van der Waals surface area contributed by atoms with Crippen molar-refractivity contribution in [3.8, 4) is 5.75 Å². The number of piperazine rings is 1. The van der Waals surface area contributed by atoms with Gasteiger partial charge in [0, 0.05) is 93.5 Å². The number of nitrogens with one attached hydrogen (secondary N) is 2. The van der Waals surface area contributed by atoms with E-state index in [4.69, 9.17) is 9.72 Å². The minimum atomic E-state index is 0.381. The Labute approximate surface area is 295 Å². The number of rotatable bonds is 12. The summed E-state index contributed by atoms with van der Waals surface area (Å²) >= 11 is 1.73. The highest BCUT2D eigenvalue weighted by molar-refractivity contribution is 8.01. The minimum absolute atomic E-state index is 0.381. The van der Waals surface area contributed by atoms with Crippen LogP contribution >= 0.6 is 11.9 Å². The maximum atomic E-state index is 5.95. The topological polar surface area (TPSA) is 97.8 Å². The molecular formula is C37H50N10OS. The maximum absolute atomic E-state index is 5.95. The van der Waals surface area contributed by atoms with Gasteiger partial charge in [0.05, 0.1) is 29.7 Å². The molecule has 6 rings (SSSR count). The maximum Gasteiger partial charge on any atom is 0.229 e. The minimum Gasteiger partial charge on any atom is -0.494 e. The molecular weight excluding hydrogens is 633 g/mol. The van der Waals surface area contributed by atoms with E-state index in [2.05, 4.69) is 98.2 Å². The summed E-state index contributed by atoms with van der Waals surface area (Å²) in [4.78, 5) is 26.5. The average Bonchev–Trinajstić information content (AvgIpc) is 3.11. The number of aryl methyl sites for hydroxylation is 1. The van der Waals surface area contributed by atoms with Crippen LogP contribution in [0.25, 0.3) is 17.1 Å². The van der Waals surface area contributed by atoms with Crippen molar-refractivity contribution in [1.82, 2.24) is 29.7 Å². The Morgan fingerprint density at radius 3 is 2.47 bits per heavy atom. The molecule has 0 bridgehead atoms. The first-order valence-corrected chi connectivity index (χ1v) is 18.2. The Bertz CT molecular complexity index is 1750. The van der Waals surface area contributed by atoms with E-state index in [0.717, 1.165) is 72.0 Å². The lowest BCUT2D eigenvalue weighted by Crippen LogP contribution is -2.52. The molecule has 2 saturated heterocycles. The van der Waals surface area contributed by atoms with Crippen molar-refractivity contribution in [2.24, 2.45) is 0 Å². The second-order valence-electron chi connectivity index (χ2n) is 13.1. The van der Waals surface area contributed by atoms with E-state index in [0.29, 0.717) is 23.1 Å². The Morgan fingerprint density at radius 2 is 1.78 bits per heavy atom.